The molecule has 23 heavy (non-hydrogen) atoms. The van der Waals surface area contributed by atoms with E-state index in [4.69, 9.17) is 4.74 Å². The molecule has 1 heterocycles. The van der Waals surface area contributed by atoms with E-state index in [0.717, 1.165) is 0 Å². The molecule has 0 unspecified atom stereocenters. The Balaban J connectivity index is 2.52. The third-order valence-electron chi connectivity index (χ3n) is 3.10. The molecule has 0 radical (unpaired) electrons. The Kier molecular flexibility index (Phi) is 4.65. The van der Waals surface area contributed by atoms with Gasteiger partial charge in [0, 0.05) is 25.2 Å². The first kappa shape index (κ1) is 16.9. The Hall–Kier alpha value is -2.47. The van der Waals surface area contributed by atoms with Crippen molar-refractivity contribution in [2.24, 2.45) is 0 Å². The van der Waals surface area contributed by atoms with Crippen LogP contribution >= 0.6 is 0 Å². The van der Waals surface area contributed by atoms with Crippen LogP contribution in [-0.2, 0) is 10.9 Å². The van der Waals surface area contributed by atoms with Crippen LogP contribution in [0.2, 0.25) is 0 Å². The second kappa shape index (κ2) is 6.34. The monoisotopic (exact) mass is 336 g/mol. The smallest absolute Gasteiger partial charge is 0.379 e. The summed E-state index contributed by atoms with van der Waals surface area (Å²) in [6.45, 7) is 1.12. The molecule has 0 aliphatic carbocycles. The van der Waals surface area contributed by atoms with Crippen LogP contribution in [0.5, 0.6) is 0 Å². The van der Waals surface area contributed by atoms with E-state index in [0.29, 0.717) is 0 Å². The summed E-state index contributed by atoms with van der Waals surface area (Å²) in [4.78, 5) is 19.9. The van der Waals surface area contributed by atoms with Crippen LogP contribution in [0, 0.1) is 20.2 Å². The van der Waals surface area contributed by atoms with Gasteiger partial charge < -0.3 is 10.2 Å². The second-order valence-corrected chi connectivity index (χ2v) is 4.61. The van der Waals surface area contributed by atoms with Crippen molar-refractivity contribution in [3.05, 3.63) is 37.9 Å². The van der Waals surface area contributed by atoms with Crippen molar-refractivity contribution in [3.63, 3.8) is 0 Å². The van der Waals surface area contributed by atoms with Crippen molar-refractivity contribution in [3.8, 4) is 0 Å². The highest BCUT2D eigenvalue weighted by atomic mass is 19.4. The Labute approximate surface area is 126 Å². The maximum Gasteiger partial charge on any atom is 0.416 e. The molecule has 1 aliphatic rings. The van der Waals surface area contributed by atoms with Gasteiger partial charge in [-0.2, -0.15) is 13.2 Å². The van der Waals surface area contributed by atoms with Gasteiger partial charge in [0.2, 0.25) is 5.69 Å². The van der Waals surface area contributed by atoms with Crippen LogP contribution in [0.4, 0.5) is 30.2 Å². The molecule has 1 aromatic rings. The van der Waals surface area contributed by atoms with Crippen LogP contribution in [0.1, 0.15) is 5.56 Å². The zero-order chi connectivity index (χ0) is 17.2. The molecule has 0 saturated carbocycles. The Morgan fingerprint density at radius 2 is 1.57 bits per heavy atom. The number of alkyl halides is 3. The van der Waals surface area contributed by atoms with Crippen LogP contribution < -0.4 is 5.43 Å². The van der Waals surface area contributed by atoms with E-state index in [1.807, 2.05) is 0 Å². The molecule has 0 bridgehead atoms. The summed E-state index contributed by atoms with van der Waals surface area (Å²) in [6.07, 6.45) is -4.94. The average molecular weight is 336 g/mol. The highest BCUT2D eigenvalue weighted by Crippen LogP contribution is 2.41. The number of hydrazine groups is 1. The molecule has 9 nitrogen and oxygen atoms in total. The number of morpholine rings is 1. The standard InChI is InChI=1S/C11H11F3N4O5/c12-11(13,14)7-5-8(17(19)20)10(9(6-7)18(21)22)15-16-1-3-23-4-2-16/h5-6,15H,1-4H2. The van der Waals surface area contributed by atoms with Gasteiger partial charge in [-0.25, -0.2) is 5.01 Å². The topological polar surface area (TPSA) is 111 Å². The van der Waals surface area contributed by atoms with Crippen molar-refractivity contribution < 1.29 is 27.8 Å². The minimum absolute atomic E-state index is 0.273. The molecule has 0 aromatic heterocycles. The molecule has 2 rings (SSSR count). The predicted molar refractivity (Wildman–Crippen MR) is 70.8 cm³/mol. The summed E-state index contributed by atoms with van der Waals surface area (Å²) in [5, 5.41) is 23.5. The number of benzene rings is 1. The van der Waals surface area contributed by atoms with E-state index in [1.165, 1.54) is 5.01 Å². The maximum absolute atomic E-state index is 12.8. The number of hydrogen-bond acceptors (Lipinski definition) is 7. The van der Waals surface area contributed by atoms with Crippen molar-refractivity contribution in [1.29, 1.82) is 0 Å². The fraction of sp³-hybridized carbons (Fsp3) is 0.455. The van der Waals surface area contributed by atoms with E-state index in [9.17, 15) is 33.4 Å². The maximum atomic E-state index is 12.8. The van der Waals surface area contributed by atoms with Crippen LogP contribution in [-0.4, -0.2) is 41.2 Å². The minimum atomic E-state index is -4.94. The number of anilines is 1. The zero-order valence-electron chi connectivity index (χ0n) is 11.5. The molecule has 1 fully saturated rings. The fourth-order valence-electron chi connectivity index (χ4n) is 2.01. The lowest BCUT2D eigenvalue weighted by Crippen LogP contribution is -2.40. The molecule has 0 spiro atoms. The highest BCUT2D eigenvalue weighted by Gasteiger charge is 2.38. The van der Waals surface area contributed by atoms with E-state index in [1.54, 1.807) is 0 Å². The molecule has 1 aromatic carbocycles. The third-order valence-corrected chi connectivity index (χ3v) is 3.10. The number of hydrogen-bond donors (Lipinski definition) is 1. The molecular formula is C11H11F3N4O5. The Morgan fingerprint density at radius 3 is 1.96 bits per heavy atom. The van der Waals surface area contributed by atoms with E-state index in [-0.39, 0.29) is 38.4 Å². The van der Waals surface area contributed by atoms with Gasteiger partial charge in [-0.15, -0.1) is 0 Å². The van der Waals surface area contributed by atoms with Crippen molar-refractivity contribution in [2.45, 2.75) is 6.18 Å². The fourth-order valence-corrected chi connectivity index (χ4v) is 2.01. The van der Waals surface area contributed by atoms with Gasteiger partial charge in [0.05, 0.1) is 28.6 Å². The first-order chi connectivity index (χ1) is 10.7. The van der Waals surface area contributed by atoms with Gasteiger partial charge in [-0.1, -0.05) is 0 Å². The van der Waals surface area contributed by atoms with Crippen molar-refractivity contribution >= 4 is 17.1 Å². The van der Waals surface area contributed by atoms with Gasteiger partial charge in [-0.05, 0) is 0 Å². The largest absolute Gasteiger partial charge is 0.416 e. The number of nitro groups is 2. The van der Waals surface area contributed by atoms with Gasteiger partial charge in [0.25, 0.3) is 0 Å². The lowest BCUT2D eigenvalue weighted by molar-refractivity contribution is -0.392. The van der Waals surface area contributed by atoms with E-state index in [2.05, 4.69) is 5.43 Å². The van der Waals surface area contributed by atoms with Crippen LogP contribution in [0.3, 0.4) is 0 Å². The van der Waals surface area contributed by atoms with Crippen LogP contribution in [0.25, 0.3) is 0 Å². The summed E-state index contributed by atoms with van der Waals surface area (Å²) in [7, 11) is 0. The Bertz CT molecular complexity index is 596. The van der Waals surface area contributed by atoms with Gasteiger partial charge in [0.15, 0.2) is 0 Å². The Morgan fingerprint density at radius 1 is 1.09 bits per heavy atom. The van der Waals surface area contributed by atoms with E-state index < -0.39 is 38.6 Å². The number of halogens is 3. The summed E-state index contributed by atoms with van der Waals surface area (Å²) >= 11 is 0. The van der Waals surface area contributed by atoms with Gasteiger partial charge >= 0.3 is 17.6 Å². The summed E-state index contributed by atoms with van der Waals surface area (Å²) in [6, 6.07) is 0.547. The second-order valence-electron chi connectivity index (χ2n) is 4.61. The minimum Gasteiger partial charge on any atom is -0.379 e. The molecule has 1 saturated heterocycles. The normalized spacial score (nSPS) is 16.1. The van der Waals surface area contributed by atoms with Crippen molar-refractivity contribution in [1.82, 2.24) is 5.01 Å². The first-order valence-corrected chi connectivity index (χ1v) is 6.33. The van der Waals surface area contributed by atoms with Gasteiger partial charge in [0.1, 0.15) is 0 Å². The van der Waals surface area contributed by atoms with Gasteiger partial charge in [-0.3, -0.25) is 20.2 Å². The van der Waals surface area contributed by atoms with Crippen LogP contribution in [0.15, 0.2) is 12.1 Å². The number of nitro benzene ring substituents is 2. The van der Waals surface area contributed by atoms with Crippen molar-refractivity contribution in [2.75, 3.05) is 31.7 Å². The number of ether oxygens (including phenoxy) is 1. The molecule has 126 valence electrons. The SMILES string of the molecule is O=[N+]([O-])c1cc(C(F)(F)F)cc([N+](=O)[O-])c1NN1CCOCC1. The lowest BCUT2D eigenvalue weighted by atomic mass is 10.1. The molecular weight excluding hydrogens is 325 g/mol. The quantitative estimate of drug-likeness (QED) is 0.662. The predicted octanol–water partition coefficient (Wildman–Crippen LogP) is 2.18. The average Bonchev–Trinajstić information content (AvgIpc) is 2.46. The first-order valence-electron chi connectivity index (χ1n) is 6.33. The molecule has 1 aliphatic heterocycles. The van der Waals surface area contributed by atoms with E-state index >= 15 is 0 Å². The number of nitrogens with zero attached hydrogens (tertiary/aromatic N) is 3. The molecule has 12 heteroatoms. The summed E-state index contributed by atoms with van der Waals surface area (Å²) < 4.78 is 43.4. The number of nitrogens with one attached hydrogen (secondary N) is 1. The molecule has 0 atom stereocenters. The highest BCUT2D eigenvalue weighted by molar-refractivity contribution is 5.74. The third kappa shape index (κ3) is 3.84. The number of rotatable bonds is 4. The zero-order valence-corrected chi connectivity index (χ0v) is 11.5. The molecule has 0 amide bonds. The lowest BCUT2D eigenvalue weighted by Gasteiger charge is -2.27. The summed E-state index contributed by atoms with van der Waals surface area (Å²) in [5.74, 6) is 0. The summed E-state index contributed by atoms with van der Waals surface area (Å²) in [5.41, 5.74) is -1.61. The molecule has 1 N–H and O–H groups in total.